The number of aromatic carboxylic acids is 1. The maximum absolute atomic E-state index is 13.5. The molecule has 0 fully saturated rings. The van der Waals surface area contributed by atoms with Crippen LogP contribution < -0.4 is 15.4 Å². The molecule has 4 aromatic carbocycles. The molecular weight excluding hydrogens is 503 g/mol. The topological polar surface area (TPSA) is 125 Å². The minimum absolute atomic E-state index is 0.0276. The summed E-state index contributed by atoms with van der Waals surface area (Å²) in [5.41, 5.74) is 2.66. The van der Waals surface area contributed by atoms with Crippen LogP contribution in [0.1, 0.15) is 43.9 Å². The molecule has 5 rings (SSSR count). The van der Waals surface area contributed by atoms with E-state index >= 15 is 0 Å². The number of rotatable bonds is 6. The van der Waals surface area contributed by atoms with Gasteiger partial charge in [0.15, 0.2) is 5.75 Å². The van der Waals surface area contributed by atoms with Crippen LogP contribution in [-0.4, -0.2) is 35.0 Å². The second-order valence-corrected chi connectivity index (χ2v) is 8.98. The number of aromatic hydroxyl groups is 1. The van der Waals surface area contributed by atoms with E-state index in [0.717, 1.165) is 5.56 Å². The number of benzene rings is 4. The number of hydrogen-bond donors (Lipinski definition) is 4. The summed E-state index contributed by atoms with van der Waals surface area (Å²) in [4.78, 5) is 37.2. The summed E-state index contributed by atoms with van der Waals surface area (Å²) in [5.74, 6) is -3.18. The number of amides is 2. The van der Waals surface area contributed by atoms with Crippen molar-refractivity contribution in [1.29, 1.82) is 0 Å². The van der Waals surface area contributed by atoms with Gasteiger partial charge in [-0.3, -0.25) is 9.59 Å². The zero-order valence-corrected chi connectivity index (χ0v) is 20.6. The molecule has 0 saturated carbocycles. The number of fused-ring (bicyclic) bond motifs is 1. The number of halogens is 1. The summed E-state index contributed by atoms with van der Waals surface area (Å²) in [5, 5.41) is 24.7. The van der Waals surface area contributed by atoms with Gasteiger partial charge in [-0.25, -0.2) is 9.18 Å². The molecule has 4 aromatic rings. The van der Waals surface area contributed by atoms with Crippen molar-refractivity contribution in [1.82, 2.24) is 5.32 Å². The summed E-state index contributed by atoms with van der Waals surface area (Å²) in [6, 6.07) is 22.0. The Balaban J connectivity index is 1.45. The highest BCUT2D eigenvalue weighted by atomic mass is 19.1. The highest BCUT2D eigenvalue weighted by Crippen LogP contribution is 2.47. The third-order valence-corrected chi connectivity index (χ3v) is 6.60. The zero-order valence-electron chi connectivity index (χ0n) is 20.6. The standard InChI is InChI=1S/C30H23FN2O6/c1-32-29(36)25-22-15-18(10-13-24(22)39-27(25)16-8-11-20(31)12-9-16)17-4-2-5-19(14-17)28(35)33-23-7-3-6-21(26(23)34)30(37)38/h2-15,25,27,34H,1H3,(H,32,36)(H,33,35)(H,37,38). The van der Waals surface area contributed by atoms with Crippen LogP contribution in [-0.2, 0) is 4.79 Å². The van der Waals surface area contributed by atoms with E-state index in [9.17, 15) is 29.0 Å². The first-order chi connectivity index (χ1) is 18.8. The van der Waals surface area contributed by atoms with Gasteiger partial charge < -0.3 is 25.6 Å². The maximum atomic E-state index is 13.5. The molecular formula is C30H23FN2O6. The number of nitrogens with one attached hydrogen (secondary N) is 2. The molecule has 9 heteroatoms. The highest BCUT2D eigenvalue weighted by molar-refractivity contribution is 6.06. The van der Waals surface area contributed by atoms with Crippen molar-refractivity contribution in [2.24, 2.45) is 0 Å². The average Bonchev–Trinajstić information content (AvgIpc) is 3.32. The first kappa shape index (κ1) is 25.5. The third kappa shape index (κ3) is 4.89. The molecule has 0 saturated heterocycles. The second-order valence-electron chi connectivity index (χ2n) is 8.98. The molecule has 0 spiro atoms. The van der Waals surface area contributed by atoms with Crippen molar-refractivity contribution < 1.29 is 33.7 Å². The first-order valence-corrected chi connectivity index (χ1v) is 12.0. The zero-order chi connectivity index (χ0) is 27.7. The van der Waals surface area contributed by atoms with E-state index < -0.39 is 29.6 Å². The molecule has 1 heterocycles. The second kappa shape index (κ2) is 10.3. The smallest absolute Gasteiger partial charge is 0.339 e. The molecule has 196 valence electrons. The number of anilines is 1. The number of hydrogen-bond acceptors (Lipinski definition) is 5. The molecule has 0 bridgehead atoms. The van der Waals surface area contributed by atoms with Crippen molar-refractivity contribution in [2.75, 3.05) is 12.4 Å². The molecule has 0 aromatic heterocycles. The molecule has 2 amide bonds. The van der Waals surface area contributed by atoms with Crippen LogP contribution in [0.3, 0.4) is 0 Å². The molecule has 39 heavy (non-hydrogen) atoms. The van der Waals surface area contributed by atoms with Crippen LogP contribution in [0.5, 0.6) is 11.5 Å². The number of para-hydroxylation sites is 1. The lowest BCUT2D eigenvalue weighted by atomic mass is 9.88. The van der Waals surface area contributed by atoms with Gasteiger partial charge >= 0.3 is 5.97 Å². The molecule has 1 aliphatic heterocycles. The Morgan fingerprint density at radius 2 is 1.62 bits per heavy atom. The number of carboxylic acid groups (broad SMARTS) is 1. The Bertz CT molecular complexity index is 1600. The van der Waals surface area contributed by atoms with Gasteiger partial charge in [0.2, 0.25) is 5.91 Å². The number of phenols is 1. The normalized spacial score (nSPS) is 15.6. The van der Waals surface area contributed by atoms with Gasteiger partial charge in [-0.1, -0.05) is 36.4 Å². The summed E-state index contributed by atoms with van der Waals surface area (Å²) in [7, 11) is 1.54. The van der Waals surface area contributed by atoms with Crippen molar-refractivity contribution in [3.8, 4) is 22.6 Å². The molecule has 4 N–H and O–H groups in total. The molecule has 0 radical (unpaired) electrons. The SMILES string of the molecule is CNC(=O)C1c2cc(-c3cccc(C(=O)Nc4cccc(C(=O)O)c4O)c3)ccc2OC1c1ccc(F)cc1. The van der Waals surface area contributed by atoms with Crippen LogP contribution in [0.4, 0.5) is 10.1 Å². The van der Waals surface area contributed by atoms with E-state index in [2.05, 4.69) is 10.6 Å². The number of carbonyl (C=O) groups excluding carboxylic acids is 2. The van der Waals surface area contributed by atoms with E-state index in [4.69, 9.17) is 4.74 Å². The predicted molar refractivity (Wildman–Crippen MR) is 141 cm³/mol. The Labute approximate surface area is 222 Å². The van der Waals surface area contributed by atoms with Gasteiger partial charge in [-0.15, -0.1) is 0 Å². The molecule has 0 aliphatic carbocycles. The summed E-state index contributed by atoms with van der Waals surface area (Å²) < 4.78 is 19.6. The lowest BCUT2D eigenvalue weighted by Gasteiger charge is -2.18. The Morgan fingerprint density at radius 3 is 2.33 bits per heavy atom. The quantitative estimate of drug-likeness (QED) is 0.259. The Kier molecular flexibility index (Phi) is 6.72. The fourth-order valence-corrected chi connectivity index (χ4v) is 4.64. The molecule has 1 aliphatic rings. The van der Waals surface area contributed by atoms with Crippen molar-refractivity contribution in [3.63, 3.8) is 0 Å². The van der Waals surface area contributed by atoms with Crippen molar-refractivity contribution >= 4 is 23.5 Å². The first-order valence-electron chi connectivity index (χ1n) is 12.0. The molecule has 2 atom stereocenters. The van der Waals surface area contributed by atoms with E-state index in [1.165, 1.54) is 37.4 Å². The fraction of sp³-hybridized carbons (Fsp3) is 0.100. The number of carboxylic acids is 1. The monoisotopic (exact) mass is 526 g/mol. The lowest BCUT2D eigenvalue weighted by molar-refractivity contribution is -0.123. The molecule has 2 unspecified atom stereocenters. The maximum Gasteiger partial charge on any atom is 0.339 e. The van der Waals surface area contributed by atoms with Gasteiger partial charge in [0.25, 0.3) is 5.91 Å². The van der Waals surface area contributed by atoms with Gasteiger partial charge in [0.1, 0.15) is 29.2 Å². The van der Waals surface area contributed by atoms with Crippen LogP contribution in [0.15, 0.2) is 84.9 Å². The van der Waals surface area contributed by atoms with E-state index in [1.54, 1.807) is 36.4 Å². The van der Waals surface area contributed by atoms with Gasteiger partial charge in [0.05, 0.1) is 5.69 Å². The summed E-state index contributed by atoms with van der Waals surface area (Å²) in [6.45, 7) is 0. The van der Waals surface area contributed by atoms with Crippen LogP contribution in [0, 0.1) is 5.82 Å². The van der Waals surface area contributed by atoms with Crippen LogP contribution >= 0.6 is 0 Å². The van der Waals surface area contributed by atoms with Crippen molar-refractivity contribution in [2.45, 2.75) is 12.0 Å². The van der Waals surface area contributed by atoms with Gasteiger partial charge in [-0.2, -0.15) is 0 Å². The van der Waals surface area contributed by atoms with Crippen LogP contribution in [0.2, 0.25) is 0 Å². The predicted octanol–water partition coefficient (Wildman–Crippen LogP) is 5.11. The van der Waals surface area contributed by atoms with Crippen LogP contribution in [0.25, 0.3) is 11.1 Å². The third-order valence-electron chi connectivity index (χ3n) is 6.60. The average molecular weight is 527 g/mol. The van der Waals surface area contributed by atoms with E-state index in [-0.39, 0.29) is 28.5 Å². The Hall–Kier alpha value is -5.18. The minimum Gasteiger partial charge on any atom is -0.505 e. The number of ether oxygens (including phenoxy) is 1. The van der Waals surface area contributed by atoms with Crippen molar-refractivity contribution in [3.05, 3.63) is 113 Å². The molecule has 8 nitrogen and oxygen atoms in total. The highest BCUT2D eigenvalue weighted by Gasteiger charge is 2.40. The Morgan fingerprint density at radius 1 is 0.897 bits per heavy atom. The van der Waals surface area contributed by atoms with Gasteiger partial charge in [-0.05, 0) is 65.2 Å². The van der Waals surface area contributed by atoms with E-state index in [0.29, 0.717) is 22.4 Å². The minimum atomic E-state index is -1.32. The number of likely N-dealkylation sites (N-methyl/N-ethyl adjacent to an activating group) is 1. The van der Waals surface area contributed by atoms with E-state index in [1.807, 2.05) is 18.2 Å². The number of carbonyl (C=O) groups is 3. The van der Waals surface area contributed by atoms with Gasteiger partial charge in [0, 0.05) is 18.2 Å². The lowest BCUT2D eigenvalue weighted by Crippen LogP contribution is -2.28. The largest absolute Gasteiger partial charge is 0.505 e. The summed E-state index contributed by atoms with van der Waals surface area (Å²) >= 11 is 0. The summed E-state index contributed by atoms with van der Waals surface area (Å²) in [6.07, 6.45) is -0.637. The fourth-order valence-electron chi connectivity index (χ4n) is 4.64.